The number of carbonyl (C=O) groups excluding carboxylic acids is 1. The molecule has 0 saturated carbocycles. The van der Waals surface area contributed by atoms with Gasteiger partial charge in [-0.25, -0.2) is 0 Å². The molecule has 0 aromatic carbocycles. The van der Waals surface area contributed by atoms with Gasteiger partial charge in [0.1, 0.15) is 24.4 Å². The van der Waals surface area contributed by atoms with E-state index < -0.39 is 37.3 Å². The Bertz CT molecular complexity index is 411. The van der Waals surface area contributed by atoms with Gasteiger partial charge in [0, 0.05) is 6.54 Å². The van der Waals surface area contributed by atoms with Gasteiger partial charge in [0.25, 0.3) is 0 Å². The molecule has 2 unspecified atom stereocenters. The van der Waals surface area contributed by atoms with Crippen molar-refractivity contribution in [3.8, 4) is 0 Å². The summed E-state index contributed by atoms with van der Waals surface area (Å²) < 4.78 is 21.1. The highest BCUT2D eigenvalue weighted by Gasteiger charge is 2.43. The van der Waals surface area contributed by atoms with E-state index in [1.807, 2.05) is 14.1 Å². The molecular formula is C16H32N2O9. The smallest absolute Gasteiger partial charge is 0.234 e. The van der Waals surface area contributed by atoms with Gasteiger partial charge < -0.3 is 49.6 Å². The Balaban J connectivity index is 2.00. The zero-order chi connectivity index (χ0) is 20.2. The normalized spacial score (nSPS) is 28.5. The van der Waals surface area contributed by atoms with Crippen LogP contribution in [-0.4, -0.2) is 129 Å². The number of amides is 1. The molecule has 1 heterocycles. The summed E-state index contributed by atoms with van der Waals surface area (Å²) in [6.45, 7) is 1.59. The van der Waals surface area contributed by atoms with Crippen molar-refractivity contribution in [1.29, 1.82) is 0 Å². The largest absolute Gasteiger partial charge is 0.394 e. The van der Waals surface area contributed by atoms with Gasteiger partial charge in [0.05, 0.1) is 46.2 Å². The molecular weight excluding hydrogens is 364 g/mol. The summed E-state index contributed by atoms with van der Waals surface area (Å²) >= 11 is 0. The Morgan fingerprint density at radius 1 is 1.00 bits per heavy atom. The molecule has 1 aliphatic rings. The third-order valence-electron chi connectivity index (χ3n) is 3.76. The van der Waals surface area contributed by atoms with E-state index in [2.05, 4.69) is 5.32 Å². The maximum Gasteiger partial charge on any atom is 0.234 e. The Labute approximate surface area is 158 Å². The molecule has 11 nitrogen and oxygen atoms in total. The Morgan fingerprint density at radius 2 is 1.63 bits per heavy atom. The molecule has 0 radical (unpaired) electrons. The van der Waals surface area contributed by atoms with Crippen molar-refractivity contribution in [2.45, 2.75) is 30.7 Å². The van der Waals surface area contributed by atoms with Crippen LogP contribution in [0, 0.1) is 0 Å². The molecule has 11 heteroatoms. The monoisotopic (exact) mass is 396 g/mol. The number of aliphatic hydroxyl groups excluding tert-OH is 4. The molecule has 0 aromatic heterocycles. The number of ether oxygens (including phenoxy) is 4. The zero-order valence-corrected chi connectivity index (χ0v) is 15.8. The number of hydrogen-bond donors (Lipinski definition) is 5. The maximum absolute atomic E-state index is 11.4. The van der Waals surface area contributed by atoms with Crippen molar-refractivity contribution in [3.05, 3.63) is 0 Å². The molecule has 1 rings (SSSR count). The minimum atomic E-state index is -1.46. The van der Waals surface area contributed by atoms with E-state index in [-0.39, 0.29) is 19.1 Å². The average Bonchev–Trinajstić information content (AvgIpc) is 2.62. The molecule has 1 fully saturated rings. The predicted octanol–water partition coefficient (Wildman–Crippen LogP) is -3.49. The number of likely N-dealkylation sites (N-methyl/N-ethyl adjacent to an activating group) is 1. The van der Waals surface area contributed by atoms with Crippen molar-refractivity contribution < 1.29 is 44.2 Å². The average molecular weight is 396 g/mol. The Morgan fingerprint density at radius 3 is 2.26 bits per heavy atom. The van der Waals surface area contributed by atoms with Crippen LogP contribution in [0.25, 0.3) is 0 Å². The fourth-order valence-electron chi connectivity index (χ4n) is 2.36. The summed E-state index contributed by atoms with van der Waals surface area (Å²) in [6.07, 6.45) is -6.46. The van der Waals surface area contributed by atoms with E-state index in [9.17, 15) is 20.1 Å². The topological polar surface area (TPSA) is 150 Å². The highest BCUT2D eigenvalue weighted by molar-refractivity contribution is 5.77. The third-order valence-corrected chi connectivity index (χ3v) is 3.76. The van der Waals surface area contributed by atoms with Crippen molar-refractivity contribution >= 4 is 5.91 Å². The van der Waals surface area contributed by atoms with Gasteiger partial charge in [-0.1, -0.05) is 0 Å². The second-order valence-electron chi connectivity index (χ2n) is 6.38. The van der Waals surface area contributed by atoms with Crippen LogP contribution in [0.4, 0.5) is 0 Å². The van der Waals surface area contributed by atoms with E-state index in [4.69, 9.17) is 24.1 Å². The number of nitrogens with one attached hydrogen (secondary N) is 1. The number of aliphatic hydroxyl groups is 4. The second-order valence-corrected chi connectivity index (χ2v) is 6.38. The summed E-state index contributed by atoms with van der Waals surface area (Å²) in [5.41, 5.74) is 0. The van der Waals surface area contributed by atoms with Gasteiger partial charge in [0.2, 0.25) is 5.91 Å². The molecule has 5 atom stereocenters. The molecule has 0 bridgehead atoms. The molecule has 0 aliphatic carbocycles. The number of hydrogen-bond acceptors (Lipinski definition) is 10. The molecule has 0 spiro atoms. The van der Waals surface area contributed by atoms with Gasteiger partial charge >= 0.3 is 0 Å². The summed E-state index contributed by atoms with van der Waals surface area (Å²) in [5, 5.41) is 40.9. The van der Waals surface area contributed by atoms with Crippen LogP contribution >= 0.6 is 0 Å². The lowest BCUT2D eigenvalue weighted by molar-refractivity contribution is -0.302. The zero-order valence-electron chi connectivity index (χ0n) is 15.8. The van der Waals surface area contributed by atoms with Gasteiger partial charge in [-0.15, -0.1) is 0 Å². The maximum atomic E-state index is 11.4. The first-order valence-electron chi connectivity index (χ1n) is 8.85. The van der Waals surface area contributed by atoms with Crippen LogP contribution in [0.5, 0.6) is 0 Å². The minimum absolute atomic E-state index is 0.0646. The Kier molecular flexibility index (Phi) is 11.9. The van der Waals surface area contributed by atoms with E-state index in [1.54, 1.807) is 4.90 Å². The fourth-order valence-corrected chi connectivity index (χ4v) is 2.36. The number of nitrogens with zero attached hydrogens (tertiary/aromatic N) is 1. The Hall–Kier alpha value is -0.890. The van der Waals surface area contributed by atoms with Gasteiger partial charge in [0.15, 0.2) is 6.29 Å². The first-order valence-corrected chi connectivity index (χ1v) is 8.85. The van der Waals surface area contributed by atoms with Gasteiger partial charge in [-0.2, -0.15) is 0 Å². The molecule has 1 saturated heterocycles. The van der Waals surface area contributed by atoms with Crippen LogP contribution in [0.1, 0.15) is 0 Å². The van der Waals surface area contributed by atoms with E-state index in [0.717, 1.165) is 0 Å². The molecule has 160 valence electrons. The van der Waals surface area contributed by atoms with Crippen LogP contribution in [0.2, 0.25) is 0 Å². The molecule has 1 aliphatic heterocycles. The molecule has 0 aromatic rings. The lowest BCUT2D eigenvalue weighted by Gasteiger charge is -2.39. The summed E-state index contributed by atoms with van der Waals surface area (Å²) in [7, 11) is 3.63. The highest BCUT2D eigenvalue weighted by Crippen LogP contribution is 2.21. The molecule has 5 N–H and O–H groups in total. The molecule has 27 heavy (non-hydrogen) atoms. The first-order chi connectivity index (χ1) is 12.9. The van der Waals surface area contributed by atoms with Gasteiger partial charge in [-0.05, 0) is 14.1 Å². The van der Waals surface area contributed by atoms with Crippen molar-refractivity contribution in [1.82, 2.24) is 10.2 Å². The lowest BCUT2D eigenvalue weighted by atomic mass is 9.99. The highest BCUT2D eigenvalue weighted by atomic mass is 16.7. The first kappa shape index (κ1) is 24.1. The summed E-state index contributed by atoms with van der Waals surface area (Å²) in [4.78, 5) is 13.1. The summed E-state index contributed by atoms with van der Waals surface area (Å²) in [5.74, 6) is -0.0646. The third kappa shape index (κ3) is 9.23. The molecule has 1 amide bonds. The minimum Gasteiger partial charge on any atom is -0.394 e. The number of carbonyl (C=O) groups is 1. The summed E-state index contributed by atoms with van der Waals surface area (Å²) in [6, 6.07) is 0. The quantitative estimate of drug-likeness (QED) is 0.199. The van der Waals surface area contributed by atoms with E-state index >= 15 is 0 Å². The van der Waals surface area contributed by atoms with Crippen LogP contribution in [-0.2, 0) is 23.7 Å². The SMILES string of the molecule is CN(C)CC(=O)NCCOCCOCCO[C@@H]1OC(CO)[C@@H](O)[C@H](O)C1O. The second kappa shape index (κ2) is 13.3. The number of rotatable bonds is 13. The predicted molar refractivity (Wildman–Crippen MR) is 92.9 cm³/mol. The van der Waals surface area contributed by atoms with Crippen LogP contribution in [0.3, 0.4) is 0 Å². The van der Waals surface area contributed by atoms with Crippen molar-refractivity contribution in [2.24, 2.45) is 0 Å². The van der Waals surface area contributed by atoms with Crippen LogP contribution in [0.15, 0.2) is 0 Å². The van der Waals surface area contributed by atoms with Crippen molar-refractivity contribution in [2.75, 3.05) is 66.8 Å². The van der Waals surface area contributed by atoms with E-state index in [1.165, 1.54) is 0 Å². The van der Waals surface area contributed by atoms with E-state index in [0.29, 0.717) is 32.9 Å². The lowest BCUT2D eigenvalue weighted by Crippen LogP contribution is -2.59. The standard InChI is InChI=1S/C16H32N2O9/c1-18(2)9-12(20)17-3-4-24-5-6-25-7-8-26-16-15(23)14(22)13(21)11(10-19)27-16/h11,13-16,19,21-23H,3-10H2,1-2H3,(H,17,20)/t11?,13-,14+,15?,16-/m1/s1. The fraction of sp³-hybridized carbons (Fsp3) is 0.938. The van der Waals surface area contributed by atoms with Crippen LogP contribution < -0.4 is 5.32 Å². The van der Waals surface area contributed by atoms with Crippen molar-refractivity contribution in [3.63, 3.8) is 0 Å². The van der Waals surface area contributed by atoms with Gasteiger partial charge in [-0.3, -0.25) is 4.79 Å².